The summed E-state index contributed by atoms with van der Waals surface area (Å²) >= 11 is 0. The molecule has 1 aromatic carbocycles. The minimum atomic E-state index is 0.292. The van der Waals surface area contributed by atoms with E-state index in [0.717, 1.165) is 19.0 Å². The van der Waals surface area contributed by atoms with E-state index in [1.807, 2.05) is 11.0 Å². The van der Waals surface area contributed by atoms with Crippen LogP contribution in [-0.4, -0.2) is 32.8 Å². The second-order valence-corrected chi connectivity index (χ2v) is 6.34. The summed E-state index contributed by atoms with van der Waals surface area (Å²) in [7, 11) is 0. The molecule has 1 saturated carbocycles. The molecule has 110 valence electrons. The van der Waals surface area contributed by atoms with Crippen LogP contribution in [0.1, 0.15) is 31.2 Å². The van der Waals surface area contributed by atoms with Crippen LogP contribution in [-0.2, 0) is 12.1 Å². The molecule has 2 heterocycles. The Bertz CT molecular complexity index is 580. The van der Waals surface area contributed by atoms with Gasteiger partial charge in [0, 0.05) is 13.1 Å². The molecule has 1 aliphatic heterocycles. The Morgan fingerprint density at radius 3 is 2.81 bits per heavy atom. The lowest BCUT2D eigenvalue weighted by molar-refractivity contribution is -0.116. The van der Waals surface area contributed by atoms with Crippen LogP contribution >= 0.6 is 0 Å². The monoisotopic (exact) mass is 282 g/mol. The molecule has 4 rings (SSSR count). The third-order valence-corrected chi connectivity index (χ3v) is 5.38. The van der Waals surface area contributed by atoms with Crippen LogP contribution in [0.3, 0.4) is 0 Å². The second-order valence-electron chi connectivity index (χ2n) is 6.34. The standard InChI is InChI=1S/C17H22N4/c1-2-6-15(7-3-1)17-9-5-4-8-16(17)12-20(17)10-11-21-14-18-13-19-21/h1-3,6-7,13-14,16H,4-5,8-12H2. The molecule has 4 heteroatoms. The SMILES string of the molecule is c1ccc(C23CCCCC2CN3CCn2cncn2)cc1. The highest BCUT2D eigenvalue weighted by atomic mass is 15.3. The molecule has 4 nitrogen and oxygen atoms in total. The molecule has 0 amide bonds. The quantitative estimate of drug-likeness (QED) is 0.864. The van der Waals surface area contributed by atoms with Crippen LogP contribution in [0.4, 0.5) is 0 Å². The molecule has 1 aliphatic carbocycles. The zero-order valence-electron chi connectivity index (χ0n) is 12.4. The molecule has 2 aliphatic rings. The van der Waals surface area contributed by atoms with Gasteiger partial charge in [-0.1, -0.05) is 43.2 Å². The van der Waals surface area contributed by atoms with E-state index in [2.05, 4.69) is 45.3 Å². The van der Waals surface area contributed by atoms with Crippen molar-refractivity contribution < 1.29 is 0 Å². The summed E-state index contributed by atoms with van der Waals surface area (Å²) in [4.78, 5) is 6.71. The predicted octanol–water partition coefficient (Wildman–Crippen LogP) is 2.68. The largest absolute Gasteiger partial charge is 0.291 e. The number of rotatable bonds is 4. The number of aromatic nitrogens is 3. The van der Waals surface area contributed by atoms with E-state index in [9.17, 15) is 0 Å². The Balaban J connectivity index is 1.56. The van der Waals surface area contributed by atoms with Gasteiger partial charge in [-0.15, -0.1) is 0 Å². The minimum absolute atomic E-state index is 0.292. The fourth-order valence-corrected chi connectivity index (χ4v) is 4.35. The fraction of sp³-hybridized carbons (Fsp3) is 0.529. The molecule has 0 N–H and O–H groups in total. The van der Waals surface area contributed by atoms with Gasteiger partial charge in [0.1, 0.15) is 12.7 Å². The van der Waals surface area contributed by atoms with Crippen molar-refractivity contribution in [2.45, 2.75) is 37.8 Å². The van der Waals surface area contributed by atoms with Gasteiger partial charge in [0.05, 0.1) is 12.1 Å². The summed E-state index contributed by atoms with van der Waals surface area (Å²) in [5, 5.41) is 4.22. The molecule has 1 saturated heterocycles. The number of hydrogen-bond donors (Lipinski definition) is 0. The number of benzene rings is 1. The Kier molecular flexibility index (Phi) is 3.26. The highest BCUT2D eigenvalue weighted by Crippen LogP contribution is 2.53. The highest BCUT2D eigenvalue weighted by Gasteiger charge is 2.54. The first-order valence-electron chi connectivity index (χ1n) is 8.02. The van der Waals surface area contributed by atoms with Crippen LogP contribution < -0.4 is 0 Å². The van der Waals surface area contributed by atoms with Gasteiger partial charge in [-0.05, 0) is 24.3 Å². The lowest BCUT2D eigenvalue weighted by Gasteiger charge is -2.62. The van der Waals surface area contributed by atoms with Crippen molar-refractivity contribution in [2.24, 2.45) is 5.92 Å². The molecule has 0 bridgehead atoms. The molecule has 0 radical (unpaired) electrons. The van der Waals surface area contributed by atoms with E-state index in [1.54, 1.807) is 6.33 Å². The number of fused-ring (bicyclic) bond motifs is 1. The summed E-state index contributed by atoms with van der Waals surface area (Å²) in [6, 6.07) is 11.1. The molecule has 2 unspecified atom stereocenters. The first-order valence-corrected chi connectivity index (χ1v) is 8.02. The first kappa shape index (κ1) is 13.0. The molecule has 1 aromatic heterocycles. The van der Waals surface area contributed by atoms with Crippen molar-refractivity contribution in [2.75, 3.05) is 13.1 Å². The van der Waals surface area contributed by atoms with E-state index < -0.39 is 0 Å². The summed E-state index contributed by atoms with van der Waals surface area (Å²) < 4.78 is 1.94. The fourth-order valence-electron chi connectivity index (χ4n) is 4.35. The molecule has 2 aromatic rings. The van der Waals surface area contributed by atoms with Crippen molar-refractivity contribution in [1.29, 1.82) is 0 Å². The average molecular weight is 282 g/mol. The van der Waals surface area contributed by atoms with Crippen LogP contribution in [0, 0.1) is 5.92 Å². The van der Waals surface area contributed by atoms with E-state index in [4.69, 9.17) is 0 Å². The Morgan fingerprint density at radius 1 is 1.14 bits per heavy atom. The molecular formula is C17H22N4. The minimum Gasteiger partial charge on any atom is -0.291 e. The molecule has 0 spiro atoms. The topological polar surface area (TPSA) is 34.0 Å². The van der Waals surface area contributed by atoms with E-state index >= 15 is 0 Å². The van der Waals surface area contributed by atoms with Gasteiger partial charge >= 0.3 is 0 Å². The molecule has 21 heavy (non-hydrogen) atoms. The van der Waals surface area contributed by atoms with Gasteiger partial charge in [-0.2, -0.15) is 5.10 Å². The summed E-state index contributed by atoms with van der Waals surface area (Å²) in [6.45, 7) is 3.24. The zero-order valence-corrected chi connectivity index (χ0v) is 12.4. The Hall–Kier alpha value is -1.68. The number of hydrogen-bond acceptors (Lipinski definition) is 3. The van der Waals surface area contributed by atoms with Crippen LogP contribution in [0.25, 0.3) is 0 Å². The Morgan fingerprint density at radius 2 is 2.05 bits per heavy atom. The van der Waals surface area contributed by atoms with Gasteiger partial charge in [0.25, 0.3) is 0 Å². The van der Waals surface area contributed by atoms with Crippen molar-refractivity contribution in [1.82, 2.24) is 19.7 Å². The third-order valence-electron chi connectivity index (χ3n) is 5.38. The molecular weight excluding hydrogens is 260 g/mol. The highest BCUT2D eigenvalue weighted by molar-refractivity contribution is 5.30. The molecule has 2 fully saturated rings. The summed E-state index contributed by atoms with van der Waals surface area (Å²) in [5.41, 5.74) is 1.81. The number of nitrogens with zero attached hydrogens (tertiary/aromatic N) is 4. The van der Waals surface area contributed by atoms with Crippen molar-refractivity contribution >= 4 is 0 Å². The van der Waals surface area contributed by atoms with Crippen LogP contribution in [0.5, 0.6) is 0 Å². The van der Waals surface area contributed by atoms with Crippen molar-refractivity contribution in [3.05, 3.63) is 48.5 Å². The van der Waals surface area contributed by atoms with E-state index in [0.29, 0.717) is 5.54 Å². The third kappa shape index (κ3) is 2.09. The zero-order chi connectivity index (χ0) is 14.1. The maximum absolute atomic E-state index is 4.22. The normalized spacial score (nSPS) is 28.9. The van der Waals surface area contributed by atoms with E-state index in [1.165, 1.54) is 37.8 Å². The van der Waals surface area contributed by atoms with Gasteiger partial charge < -0.3 is 0 Å². The Labute approximate surface area is 125 Å². The predicted molar refractivity (Wildman–Crippen MR) is 81.7 cm³/mol. The van der Waals surface area contributed by atoms with Crippen molar-refractivity contribution in [3.8, 4) is 0 Å². The average Bonchev–Trinajstić information content (AvgIpc) is 3.02. The van der Waals surface area contributed by atoms with Crippen molar-refractivity contribution in [3.63, 3.8) is 0 Å². The summed E-state index contributed by atoms with van der Waals surface area (Å²) in [6.07, 6.45) is 8.87. The van der Waals surface area contributed by atoms with Crippen LogP contribution in [0.15, 0.2) is 43.0 Å². The maximum atomic E-state index is 4.22. The number of likely N-dealkylation sites (tertiary alicyclic amines) is 1. The van der Waals surface area contributed by atoms with Gasteiger partial charge in [0.15, 0.2) is 0 Å². The lowest BCUT2D eigenvalue weighted by atomic mass is 9.62. The summed E-state index contributed by atoms with van der Waals surface area (Å²) in [5.74, 6) is 0.837. The first-order chi connectivity index (χ1) is 10.4. The smallest absolute Gasteiger partial charge is 0.137 e. The van der Waals surface area contributed by atoms with Gasteiger partial charge in [0.2, 0.25) is 0 Å². The van der Waals surface area contributed by atoms with Crippen LogP contribution in [0.2, 0.25) is 0 Å². The van der Waals surface area contributed by atoms with Gasteiger partial charge in [-0.25, -0.2) is 4.98 Å². The molecule has 2 atom stereocenters. The second kappa shape index (κ2) is 5.26. The van der Waals surface area contributed by atoms with Gasteiger partial charge in [-0.3, -0.25) is 9.58 Å². The van der Waals surface area contributed by atoms with E-state index in [-0.39, 0.29) is 0 Å². The lowest BCUT2D eigenvalue weighted by Crippen LogP contribution is -2.66. The maximum Gasteiger partial charge on any atom is 0.137 e.